The minimum absolute atomic E-state index is 0.311. The van der Waals surface area contributed by atoms with Crippen molar-refractivity contribution in [2.45, 2.75) is 51.9 Å². The first kappa shape index (κ1) is 20.5. The summed E-state index contributed by atoms with van der Waals surface area (Å²) in [5.74, 6) is 2.20. The molecule has 0 aliphatic carbocycles. The van der Waals surface area contributed by atoms with E-state index >= 15 is 0 Å². The maximum Gasteiger partial charge on any atom is 0.222 e. The molecule has 0 saturated carbocycles. The van der Waals surface area contributed by atoms with Crippen molar-refractivity contribution in [1.29, 1.82) is 0 Å². The van der Waals surface area contributed by atoms with Crippen LogP contribution < -0.4 is 15.4 Å². The van der Waals surface area contributed by atoms with Crippen LogP contribution in [-0.2, 0) is 17.6 Å². The molecule has 154 valence electrons. The number of carbonyl (C=O) groups is 1. The fraction of sp³-hybridized carbons (Fsp3) is 0.636. The molecule has 2 aliphatic heterocycles. The van der Waals surface area contributed by atoms with E-state index in [1.54, 1.807) is 0 Å². The van der Waals surface area contributed by atoms with Gasteiger partial charge >= 0.3 is 0 Å². The maximum atomic E-state index is 12.0. The molecule has 28 heavy (non-hydrogen) atoms. The Morgan fingerprint density at radius 2 is 2.14 bits per heavy atom. The molecule has 0 atom stereocenters. The molecule has 6 heteroatoms. The highest BCUT2D eigenvalue weighted by Gasteiger charge is 2.15. The molecular weight excluding hydrogens is 352 g/mol. The molecule has 1 fully saturated rings. The van der Waals surface area contributed by atoms with E-state index < -0.39 is 0 Å². The molecule has 0 unspecified atom stereocenters. The average molecular weight is 387 g/mol. The third-order valence-corrected chi connectivity index (χ3v) is 5.33. The molecule has 2 aliphatic rings. The molecule has 3 rings (SSSR count). The van der Waals surface area contributed by atoms with Crippen molar-refractivity contribution in [3.63, 3.8) is 0 Å². The number of hydrogen-bond acceptors (Lipinski definition) is 3. The molecule has 1 aromatic rings. The summed E-state index contributed by atoms with van der Waals surface area (Å²) in [5.41, 5.74) is 2.65. The Labute approximate surface area is 168 Å². The number of ether oxygens (including phenoxy) is 1. The molecule has 0 spiro atoms. The van der Waals surface area contributed by atoms with Gasteiger partial charge in [-0.2, -0.15) is 0 Å². The van der Waals surface area contributed by atoms with E-state index in [4.69, 9.17) is 4.74 Å². The van der Waals surface area contributed by atoms with Crippen molar-refractivity contribution in [2.24, 2.45) is 4.99 Å². The van der Waals surface area contributed by atoms with Crippen molar-refractivity contribution >= 4 is 11.9 Å². The van der Waals surface area contributed by atoms with Crippen LogP contribution in [-0.4, -0.2) is 56.1 Å². The molecule has 0 radical (unpaired) electrons. The molecule has 1 aromatic carbocycles. The zero-order valence-electron chi connectivity index (χ0n) is 17.1. The Morgan fingerprint density at radius 3 is 3.04 bits per heavy atom. The van der Waals surface area contributed by atoms with E-state index in [0.717, 1.165) is 83.1 Å². The van der Waals surface area contributed by atoms with Gasteiger partial charge in [0, 0.05) is 45.6 Å². The van der Waals surface area contributed by atoms with Gasteiger partial charge in [-0.05, 0) is 49.8 Å². The summed E-state index contributed by atoms with van der Waals surface area (Å²) in [6.45, 7) is 7.02. The zero-order chi connectivity index (χ0) is 19.6. The highest BCUT2D eigenvalue weighted by atomic mass is 16.5. The van der Waals surface area contributed by atoms with Crippen LogP contribution in [0.5, 0.6) is 5.75 Å². The summed E-state index contributed by atoms with van der Waals surface area (Å²) in [7, 11) is 0. The predicted octanol–water partition coefficient (Wildman–Crippen LogP) is 2.51. The summed E-state index contributed by atoms with van der Waals surface area (Å²) < 4.78 is 5.57. The summed E-state index contributed by atoms with van der Waals surface area (Å²) in [6.07, 6.45) is 6.94. The molecule has 2 heterocycles. The van der Waals surface area contributed by atoms with Gasteiger partial charge in [-0.15, -0.1) is 0 Å². The first-order valence-electron chi connectivity index (χ1n) is 10.8. The van der Waals surface area contributed by atoms with Gasteiger partial charge in [0.2, 0.25) is 5.91 Å². The van der Waals surface area contributed by atoms with Crippen molar-refractivity contribution < 1.29 is 9.53 Å². The molecule has 1 amide bonds. The lowest BCUT2D eigenvalue weighted by Gasteiger charge is -2.20. The van der Waals surface area contributed by atoms with Crippen LogP contribution in [0.15, 0.2) is 23.2 Å². The van der Waals surface area contributed by atoms with Gasteiger partial charge in [-0.1, -0.05) is 18.6 Å². The van der Waals surface area contributed by atoms with Gasteiger partial charge in [0.15, 0.2) is 5.96 Å². The maximum absolute atomic E-state index is 12.0. The summed E-state index contributed by atoms with van der Waals surface area (Å²) in [4.78, 5) is 18.7. The van der Waals surface area contributed by atoms with E-state index in [9.17, 15) is 4.79 Å². The molecule has 1 saturated heterocycles. The van der Waals surface area contributed by atoms with Crippen molar-refractivity contribution in [3.05, 3.63) is 29.3 Å². The number of nitrogens with one attached hydrogen (secondary N) is 2. The normalized spacial score (nSPS) is 17.1. The smallest absolute Gasteiger partial charge is 0.222 e. The fourth-order valence-electron chi connectivity index (χ4n) is 3.79. The molecule has 2 N–H and O–H groups in total. The molecule has 0 bridgehead atoms. The zero-order valence-corrected chi connectivity index (χ0v) is 17.1. The Kier molecular flexibility index (Phi) is 8.00. The number of carbonyl (C=O) groups excluding carboxylic acids is 1. The van der Waals surface area contributed by atoms with Crippen LogP contribution in [0.25, 0.3) is 0 Å². The lowest BCUT2D eigenvalue weighted by molar-refractivity contribution is -0.130. The number of guanidine groups is 1. The average Bonchev–Trinajstić information content (AvgIpc) is 3.07. The number of benzene rings is 1. The second kappa shape index (κ2) is 10.9. The van der Waals surface area contributed by atoms with E-state index in [0.29, 0.717) is 12.3 Å². The van der Waals surface area contributed by atoms with E-state index in [-0.39, 0.29) is 0 Å². The van der Waals surface area contributed by atoms with E-state index in [1.165, 1.54) is 17.5 Å². The monoisotopic (exact) mass is 386 g/mol. The van der Waals surface area contributed by atoms with Gasteiger partial charge in [0.05, 0.1) is 6.61 Å². The largest absolute Gasteiger partial charge is 0.493 e. The standard InChI is InChI=1S/C22H34N4O2/c1-2-23-22(24-12-6-15-26-14-5-3-4-7-21(26)27)25-13-10-18-8-9-20-19(17-18)11-16-28-20/h8-9,17H,2-7,10-16H2,1H3,(H2,23,24,25). The van der Waals surface area contributed by atoms with Crippen LogP contribution >= 0.6 is 0 Å². The number of hydrogen-bond donors (Lipinski definition) is 2. The second-order valence-electron chi connectivity index (χ2n) is 7.52. The second-order valence-corrected chi connectivity index (χ2v) is 7.52. The predicted molar refractivity (Wildman–Crippen MR) is 113 cm³/mol. The van der Waals surface area contributed by atoms with Crippen molar-refractivity contribution in [1.82, 2.24) is 15.5 Å². The molecular formula is C22H34N4O2. The van der Waals surface area contributed by atoms with Crippen molar-refractivity contribution in [2.75, 3.05) is 39.3 Å². The summed E-state index contributed by atoms with van der Waals surface area (Å²) in [5, 5.41) is 6.73. The third kappa shape index (κ3) is 6.14. The van der Waals surface area contributed by atoms with Gasteiger partial charge in [0.25, 0.3) is 0 Å². The number of fused-ring (bicyclic) bond motifs is 1. The minimum atomic E-state index is 0.311. The topological polar surface area (TPSA) is 66.0 Å². The lowest BCUT2D eigenvalue weighted by atomic mass is 10.1. The van der Waals surface area contributed by atoms with Crippen LogP contribution in [0, 0.1) is 0 Å². The highest BCUT2D eigenvalue weighted by Crippen LogP contribution is 2.25. The first-order chi connectivity index (χ1) is 13.8. The molecule has 6 nitrogen and oxygen atoms in total. The fourth-order valence-corrected chi connectivity index (χ4v) is 3.79. The molecule has 0 aromatic heterocycles. The number of likely N-dealkylation sites (tertiary alicyclic amines) is 1. The number of rotatable bonds is 8. The van der Waals surface area contributed by atoms with Crippen LogP contribution in [0.3, 0.4) is 0 Å². The van der Waals surface area contributed by atoms with Crippen LogP contribution in [0.2, 0.25) is 0 Å². The number of nitrogens with zero attached hydrogens (tertiary/aromatic N) is 2. The van der Waals surface area contributed by atoms with Gasteiger partial charge in [-0.3, -0.25) is 9.79 Å². The Bertz CT molecular complexity index is 675. The highest BCUT2D eigenvalue weighted by molar-refractivity contribution is 5.79. The van der Waals surface area contributed by atoms with Crippen LogP contribution in [0.4, 0.5) is 0 Å². The Hall–Kier alpha value is -2.24. The van der Waals surface area contributed by atoms with Gasteiger partial charge < -0.3 is 20.3 Å². The minimum Gasteiger partial charge on any atom is -0.493 e. The Balaban J connectivity index is 1.40. The first-order valence-corrected chi connectivity index (χ1v) is 10.8. The number of amides is 1. The van der Waals surface area contributed by atoms with E-state index in [1.807, 2.05) is 4.90 Å². The van der Waals surface area contributed by atoms with Crippen LogP contribution in [0.1, 0.15) is 50.2 Å². The van der Waals surface area contributed by atoms with E-state index in [2.05, 4.69) is 40.7 Å². The van der Waals surface area contributed by atoms with Gasteiger partial charge in [-0.25, -0.2) is 0 Å². The Morgan fingerprint density at radius 1 is 1.21 bits per heavy atom. The number of aliphatic imine (C=N–C) groups is 1. The lowest BCUT2D eigenvalue weighted by Crippen LogP contribution is -2.38. The quantitative estimate of drug-likeness (QED) is 0.409. The third-order valence-electron chi connectivity index (χ3n) is 5.33. The van der Waals surface area contributed by atoms with Crippen molar-refractivity contribution in [3.8, 4) is 5.75 Å². The summed E-state index contributed by atoms with van der Waals surface area (Å²) in [6, 6.07) is 6.49. The van der Waals surface area contributed by atoms with Gasteiger partial charge in [0.1, 0.15) is 5.75 Å². The SMILES string of the molecule is CCNC(=NCCCN1CCCCCC1=O)NCCc1ccc2c(c1)CCO2. The summed E-state index contributed by atoms with van der Waals surface area (Å²) >= 11 is 0.